The second-order valence-electron chi connectivity index (χ2n) is 10.7. The lowest BCUT2D eigenvalue weighted by Crippen LogP contribution is -2.60. The Kier molecular flexibility index (Phi) is 11.9. The van der Waals surface area contributed by atoms with E-state index < -0.39 is 30.9 Å². The van der Waals surface area contributed by atoms with Gasteiger partial charge < -0.3 is 34.5 Å². The molecule has 0 aliphatic carbocycles. The van der Waals surface area contributed by atoms with Crippen molar-refractivity contribution in [1.29, 1.82) is 0 Å². The fourth-order valence-electron chi connectivity index (χ4n) is 5.10. The van der Waals surface area contributed by atoms with Gasteiger partial charge in [0.2, 0.25) is 0 Å². The minimum Gasteiger partial charge on any atom is -0.368 e. The molecule has 1 fully saturated rings. The molecule has 0 saturated carbocycles. The molecule has 43 heavy (non-hydrogen) atoms. The van der Waals surface area contributed by atoms with Crippen molar-refractivity contribution >= 4 is 0 Å². The van der Waals surface area contributed by atoms with E-state index in [2.05, 4.69) is 24.3 Å². The zero-order valence-electron chi connectivity index (χ0n) is 24.4. The van der Waals surface area contributed by atoms with E-state index in [4.69, 9.17) is 29.4 Å². The molecule has 0 radical (unpaired) electrons. The molecule has 5 atom stereocenters. The topological polar surface area (TPSA) is 92.4 Å². The highest BCUT2D eigenvalue weighted by molar-refractivity contribution is 5.23. The highest BCUT2D eigenvalue weighted by Gasteiger charge is 2.48. The van der Waals surface area contributed by atoms with Crippen molar-refractivity contribution < 1.29 is 28.8 Å². The van der Waals surface area contributed by atoms with E-state index in [9.17, 15) is 5.11 Å². The largest absolute Gasteiger partial charge is 0.368 e. The van der Waals surface area contributed by atoms with Crippen LogP contribution in [0, 0.1) is 0 Å². The fraction of sp³-hybridized carbons (Fsp3) is 0.333. The lowest BCUT2D eigenvalue weighted by molar-refractivity contribution is -0.360. The quantitative estimate of drug-likeness (QED) is 0.199. The first-order valence-electron chi connectivity index (χ1n) is 14.9. The summed E-state index contributed by atoms with van der Waals surface area (Å²) >= 11 is 0. The molecule has 226 valence electrons. The second kappa shape index (κ2) is 16.4. The Morgan fingerprint density at radius 3 is 1.44 bits per heavy atom. The van der Waals surface area contributed by atoms with Gasteiger partial charge in [-0.25, -0.2) is 0 Å². The molecule has 1 aliphatic rings. The maximum absolute atomic E-state index is 11.2. The molecule has 4 aromatic rings. The van der Waals surface area contributed by atoms with Crippen LogP contribution in [0.4, 0.5) is 0 Å². The average molecular weight is 584 g/mol. The average Bonchev–Trinajstić information content (AvgIpc) is 3.05. The SMILES string of the molecule is NCCc1ccc(CCOC2OC(O)C(OCc3ccccc3)C(OCc3ccccc3)C2OCc2ccccc2)cc1. The van der Waals surface area contributed by atoms with Crippen LogP contribution in [0.15, 0.2) is 115 Å². The number of benzene rings is 4. The molecule has 1 aliphatic heterocycles. The van der Waals surface area contributed by atoms with E-state index in [1.165, 1.54) is 5.56 Å². The molecule has 4 aromatic carbocycles. The van der Waals surface area contributed by atoms with Gasteiger partial charge in [-0.05, 0) is 47.2 Å². The van der Waals surface area contributed by atoms with Gasteiger partial charge in [0.05, 0.1) is 26.4 Å². The van der Waals surface area contributed by atoms with Crippen LogP contribution in [0.3, 0.4) is 0 Å². The Balaban J connectivity index is 1.33. The van der Waals surface area contributed by atoms with Crippen LogP contribution in [0.5, 0.6) is 0 Å². The zero-order valence-corrected chi connectivity index (χ0v) is 24.4. The van der Waals surface area contributed by atoms with E-state index in [1.807, 2.05) is 91.0 Å². The summed E-state index contributed by atoms with van der Waals surface area (Å²) in [7, 11) is 0. The van der Waals surface area contributed by atoms with Crippen LogP contribution in [-0.4, -0.2) is 49.2 Å². The van der Waals surface area contributed by atoms with Crippen molar-refractivity contribution in [3.05, 3.63) is 143 Å². The summed E-state index contributed by atoms with van der Waals surface area (Å²) < 4.78 is 31.6. The normalized spacial score (nSPS) is 22.0. The summed E-state index contributed by atoms with van der Waals surface area (Å²) in [5, 5.41) is 11.2. The van der Waals surface area contributed by atoms with Gasteiger partial charge in [0.15, 0.2) is 12.6 Å². The Hall–Kier alpha value is -3.40. The first-order chi connectivity index (χ1) is 21.2. The Morgan fingerprint density at radius 2 is 0.953 bits per heavy atom. The molecule has 3 N–H and O–H groups in total. The maximum Gasteiger partial charge on any atom is 0.189 e. The highest BCUT2D eigenvalue weighted by atomic mass is 16.8. The summed E-state index contributed by atoms with van der Waals surface area (Å²) in [6.45, 7) is 1.92. The summed E-state index contributed by atoms with van der Waals surface area (Å²) in [6, 6.07) is 38.0. The molecule has 0 aromatic heterocycles. The van der Waals surface area contributed by atoms with E-state index in [0.717, 1.165) is 28.7 Å². The van der Waals surface area contributed by atoms with Gasteiger partial charge in [0.25, 0.3) is 0 Å². The van der Waals surface area contributed by atoms with Crippen LogP contribution in [0.25, 0.3) is 0 Å². The number of aliphatic hydroxyl groups is 1. The lowest BCUT2D eigenvalue weighted by Gasteiger charge is -2.44. The van der Waals surface area contributed by atoms with E-state index in [-0.39, 0.29) is 6.61 Å². The van der Waals surface area contributed by atoms with Crippen LogP contribution in [0.2, 0.25) is 0 Å². The molecule has 1 saturated heterocycles. The molecule has 0 bridgehead atoms. The standard InChI is InChI=1S/C36H41NO6/c37-22-20-27-16-18-28(19-17-27)21-23-39-36-34(42-26-31-14-8-3-9-15-31)32(40-24-29-10-4-1-5-11-29)33(35(38)43-36)41-25-30-12-6-2-7-13-30/h1-19,32-36,38H,20-26,37H2. The Morgan fingerprint density at radius 1 is 0.512 bits per heavy atom. The lowest BCUT2D eigenvalue weighted by atomic mass is 10.0. The minimum atomic E-state index is -1.28. The molecule has 5 rings (SSSR count). The predicted octanol–water partition coefficient (Wildman–Crippen LogP) is 5.18. The third-order valence-corrected chi connectivity index (χ3v) is 7.46. The van der Waals surface area contributed by atoms with Crippen LogP contribution < -0.4 is 5.73 Å². The van der Waals surface area contributed by atoms with Crippen molar-refractivity contribution in [1.82, 2.24) is 0 Å². The Labute approximate surface area is 254 Å². The number of rotatable bonds is 15. The van der Waals surface area contributed by atoms with Gasteiger partial charge in [0.1, 0.15) is 18.3 Å². The Bertz CT molecular complexity index is 1320. The van der Waals surface area contributed by atoms with Crippen molar-refractivity contribution in [3.8, 4) is 0 Å². The maximum atomic E-state index is 11.2. The molecule has 0 spiro atoms. The third-order valence-electron chi connectivity index (χ3n) is 7.46. The first-order valence-corrected chi connectivity index (χ1v) is 14.9. The number of hydrogen-bond donors (Lipinski definition) is 2. The van der Waals surface area contributed by atoms with Gasteiger partial charge in [-0.3, -0.25) is 0 Å². The van der Waals surface area contributed by atoms with Crippen molar-refractivity contribution in [2.75, 3.05) is 13.2 Å². The number of nitrogens with two attached hydrogens (primary N) is 1. The molecule has 7 nitrogen and oxygen atoms in total. The molecule has 7 heteroatoms. The van der Waals surface area contributed by atoms with Gasteiger partial charge in [0, 0.05) is 0 Å². The van der Waals surface area contributed by atoms with Crippen LogP contribution in [0.1, 0.15) is 27.8 Å². The first kappa shape index (κ1) is 31.0. The van der Waals surface area contributed by atoms with Crippen molar-refractivity contribution in [2.24, 2.45) is 5.73 Å². The third kappa shape index (κ3) is 9.29. The van der Waals surface area contributed by atoms with Gasteiger partial charge >= 0.3 is 0 Å². The van der Waals surface area contributed by atoms with E-state index >= 15 is 0 Å². The highest BCUT2D eigenvalue weighted by Crippen LogP contribution is 2.30. The zero-order chi connectivity index (χ0) is 29.7. The van der Waals surface area contributed by atoms with Gasteiger partial charge in [-0.1, -0.05) is 115 Å². The van der Waals surface area contributed by atoms with Crippen molar-refractivity contribution in [3.63, 3.8) is 0 Å². The summed E-state index contributed by atoms with van der Waals surface area (Å²) in [6.07, 6.45) is -2.76. The van der Waals surface area contributed by atoms with Crippen molar-refractivity contribution in [2.45, 2.75) is 63.6 Å². The molecule has 1 heterocycles. The summed E-state index contributed by atoms with van der Waals surface area (Å²) in [4.78, 5) is 0. The van der Waals surface area contributed by atoms with Gasteiger partial charge in [-0.15, -0.1) is 0 Å². The van der Waals surface area contributed by atoms with Crippen LogP contribution >= 0.6 is 0 Å². The molecule has 5 unspecified atom stereocenters. The minimum absolute atomic E-state index is 0.286. The van der Waals surface area contributed by atoms with E-state index in [1.54, 1.807) is 0 Å². The summed E-state index contributed by atoms with van der Waals surface area (Å²) in [5.41, 5.74) is 11.0. The second-order valence-corrected chi connectivity index (χ2v) is 10.7. The number of hydrogen-bond acceptors (Lipinski definition) is 7. The molecular formula is C36H41NO6. The monoisotopic (exact) mass is 583 g/mol. The number of aliphatic hydroxyl groups excluding tert-OH is 1. The molecular weight excluding hydrogens is 542 g/mol. The van der Waals surface area contributed by atoms with E-state index in [0.29, 0.717) is 32.8 Å². The van der Waals surface area contributed by atoms with Gasteiger partial charge in [-0.2, -0.15) is 0 Å². The smallest absolute Gasteiger partial charge is 0.189 e. The fourth-order valence-corrected chi connectivity index (χ4v) is 5.10. The summed E-state index contributed by atoms with van der Waals surface area (Å²) in [5.74, 6) is 0. The predicted molar refractivity (Wildman–Crippen MR) is 165 cm³/mol. The molecule has 0 amide bonds. The van der Waals surface area contributed by atoms with Crippen LogP contribution in [-0.2, 0) is 56.3 Å². The number of ether oxygens (including phenoxy) is 5.